The Balaban J connectivity index is 3.06. The van der Waals surface area contributed by atoms with Crippen LogP contribution in [0, 0.1) is 0 Å². The first-order valence-electron chi connectivity index (χ1n) is 7.52. The van der Waals surface area contributed by atoms with Gasteiger partial charge in [0.25, 0.3) is 0 Å². The van der Waals surface area contributed by atoms with E-state index in [4.69, 9.17) is 0 Å². The minimum absolute atomic E-state index is 0.363. The Morgan fingerprint density at radius 1 is 1.35 bits per heavy atom. The molecular weight excluding hydrogens is 312 g/mol. The molecule has 0 aliphatic heterocycles. The van der Waals surface area contributed by atoms with Crippen molar-refractivity contribution in [2.75, 3.05) is 24.5 Å². The van der Waals surface area contributed by atoms with Gasteiger partial charge in [-0.25, -0.2) is 0 Å². The third-order valence-electron chi connectivity index (χ3n) is 3.34. The van der Waals surface area contributed by atoms with Gasteiger partial charge >= 0.3 is 0 Å². The molecule has 0 aliphatic carbocycles. The highest BCUT2D eigenvalue weighted by atomic mass is 79.9. The summed E-state index contributed by atoms with van der Waals surface area (Å²) in [6.45, 7) is 13.5. The average molecular weight is 339 g/mol. The Labute approximate surface area is 132 Å². The Kier molecular flexibility index (Phi) is 7.93. The molecule has 2 nitrogen and oxygen atoms in total. The number of hydrogen-bond acceptors (Lipinski definition) is 2. The molecule has 1 atom stereocenters. The van der Waals surface area contributed by atoms with Crippen molar-refractivity contribution < 1.29 is 0 Å². The number of hydrogen-bond donors (Lipinski definition) is 1. The molecule has 0 aliphatic rings. The number of anilines is 1. The van der Waals surface area contributed by atoms with E-state index in [0.717, 1.165) is 36.9 Å². The van der Waals surface area contributed by atoms with Crippen LogP contribution in [0.5, 0.6) is 0 Å². The van der Waals surface area contributed by atoms with Crippen molar-refractivity contribution in [1.82, 2.24) is 5.32 Å². The second kappa shape index (κ2) is 9.19. The largest absolute Gasteiger partial charge is 0.368 e. The van der Waals surface area contributed by atoms with E-state index in [1.54, 1.807) is 0 Å². The van der Waals surface area contributed by atoms with E-state index in [-0.39, 0.29) is 0 Å². The third-order valence-corrected chi connectivity index (χ3v) is 3.84. The predicted octanol–water partition coefficient (Wildman–Crippen LogP) is 4.91. The molecule has 0 heterocycles. The number of benzene rings is 1. The molecule has 0 radical (unpaired) electrons. The summed E-state index contributed by atoms with van der Waals surface area (Å²) < 4.78 is 1.13. The Morgan fingerprint density at radius 3 is 2.70 bits per heavy atom. The molecule has 0 amide bonds. The van der Waals surface area contributed by atoms with Gasteiger partial charge in [-0.05, 0) is 44.0 Å². The highest BCUT2D eigenvalue weighted by Gasteiger charge is 2.14. The fraction of sp³-hybridized carbons (Fsp3) is 0.529. The third kappa shape index (κ3) is 4.95. The van der Waals surface area contributed by atoms with Gasteiger partial charge in [0.1, 0.15) is 0 Å². The second-order valence-electron chi connectivity index (χ2n) is 5.11. The first-order chi connectivity index (χ1) is 9.63. The number of rotatable bonds is 9. The lowest BCUT2D eigenvalue weighted by atomic mass is 10.0. The van der Waals surface area contributed by atoms with Gasteiger partial charge in [-0.15, -0.1) is 6.58 Å². The van der Waals surface area contributed by atoms with E-state index in [9.17, 15) is 0 Å². The minimum atomic E-state index is 0.363. The SMILES string of the molecule is C=CCN(CCC)c1cc(Br)ccc1C(C)NCCC. The van der Waals surface area contributed by atoms with Crippen molar-refractivity contribution in [2.45, 2.75) is 39.7 Å². The van der Waals surface area contributed by atoms with Gasteiger partial charge in [-0.2, -0.15) is 0 Å². The highest BCUT2D eigenvalue weighted by molar-refractivity contribution is 9.10. The normalized spacial score (nSPS) is 12.2. The maximum atomic E-state index is 3.89. The summed E-state index contributed by atoms with van der Waals surface area (Å²) in [5.74, 6) is 0. The summed E-state index contributed by atoms with van der Waals surface area (Å²) in [5.41, 5.74) is 2.66. The zero-order chi connectivity index (χ0) is 15.0. The van der Waals surface area contributed by atoms with E-state index < -0.39 is 0 Å². The van der Waals surface area contributed by atoms with Gasteiger partial charge in [0.15, 0.2) is 0 Å². The average Bonchev–Trinajstić information content (AvgIpc) is 2.44. The van der Waals surface area contributed by atoms with Crippen LogP contribution >= 0.6 is 15.9 Å². The lowest BCUT2D eigenvalue weighted by Gasteiger charge is -2.28. The molecule has 0 aromatic heterocycles. The van der Waals surface area contributed by atoms with Crippen molar-refractivity contribution in [1.29, 1.82) is 0 Å². The molecule has 0 bridgehead atoms. The zero-order valence-corrected chi connectivity index (χ0v) is 14.5. The molecule has 1 aromatic carbocycles. The van der Waals surface area contributed by atoms with E-state index >= 15 is 0 Å². The van der Waals surface area contributed by atoms with Crippen LogP contribution in [-0.2, 0) is 0 Å². The summed E-state index contributed by atoms with van der Waals surface area (Å²) in [5, 5.41) is 3.58. The molecule has 0 saturated heterocycles. The van der Waals surface area contributed by atoms with Crippen LogP contribution in [0.3, 0.4) is 0 Å². The number of nitrogens with zero attached hydrogens (tertiary/aromatic N) is 1. The number of nitrogens with one attached hydrogen (secondary N) is 1. The standard InChI is InChI=1S/C17H27BrN2/c1-5-10-19-14(4)16-9-8-15(18)13-17(16)20(11-6-2)12-7-3/h6,8-9,13-14,19H,2,5,7,10-12H2,1,3-4H3. The van der Waals surface area contributed by atoms with Crippen molar-refractivity contribution in [3.8, 4) is 0 Å². The summed E-state index contributed by atoms with van der Waals surface area (Å²) in [7, 11) is 0. The van der Waals surface area contributed by atoms with Crippen molar-refractivity contribution in [2.24, 2.45) is 0 Å². The molecule has 0 spiro atoms. The molecule has 112 valence electrons. The summed E-state index contributed by atoms with van der Waals surface area (Å²) in [6, 6.07) is 6.93. The summed E-state index contributed by atoms with van der Waals surface area (Å²) in [4.78, 5) is 2.40. The van der Waals surface area contributed by atoms with Crippen LogP contribution in [0.1, 0.15) is 45.2 Å². The van der Waals surface area contributed by atoms with Crippen LogP contribution < -0.4 is 10.2 Å². The first-order valence-corrected chi connectivity index (χ1v) is 8.32. The van der Waals surface area contributed by atoms with E-state index in [0.29, 0.717) is 6.04 Å². The number of halogens is 1. The van der Waals surface area contributed by atoms with Crippen LogP contribution in [-0.4, -0.2) is 19.6 Å². The lowest BCUT2D eigenvalue weighted by molar-refractivity contribution is 0.569. The summed E-state index contributed by atoms with van der Waals surface area (Å²) >= 11 is 3.60. The van der Waals surface area contributed by atoms with E-state index in [2.05, 4.69) is 71.7 Å². The van der Waals surface area contributed by atoms with E-state index in [1.165, 1.54) is 11.3 Å². The van der Waals surface area contributed by atoms with Crippen LogP contribution in [0.15, 0.2) is 35.3 Å². The van der Waals surface area contributed by atoms with Crippen molar-refractivity contribution in [3.05, 3.63) is 40.9 Å². The summed E-state index contributed by atoms with van der Waals surface area (Å²) in [6.07, 6.45) is 4.27. The predicted molar refractivity (Wildman–Crippen MR) is 93.6 cm³/mol. The fourth-order valence-corrected chi connectivity index (χ4v) is 2.71. The van der Waals surface area contributed by atoms with Gasteiger partial charge in [0, 0.05) is 29.3 Å². The fourth-order valence-electron chi connectivity index (χ4n) is 2.36. The molecule has 1 aromatic rings. The van der Waals surface area contributed by atoms with E-state index in [1.807, 2.05) is 6.08 Å². The van der Waals surface area contributed by atoms with Gasteiger partial charge in [-0.3, -0.25) is 0 Å². The molecule has 1 N–H and O–H groups in total. The van der Waals surface area contributed by atoms with Crippen LogP contribution in [0.4, 0.5) is 5.69 Å². The molecule has 3 heteroatoms. The van der Waals surface area contributed by atoms with Gasteiger partial charge in [-0.1, -0.05) is 41.9 Å². The second-order valence-corrected chi connectivity index (χ2v) is 6.03. The van der Waals surface area contributed by atoms with Gasteiger partial charge in [0.05, 0.1) is 0 Å². The van der Waals surface area contributed by atoms with Gasteiger partial charge < -0.3 is 10.2 Å². The van der Waals surface area contributed by atoms with Crippen molar-refractivity contribution >= 4 is 21.6 Å². The monoisotopic (exact) mass is 338 g/mol. The molecule has 0 saturated carbocycles. The minimum Gasteiger partial charge on any atom is -0.368 e. The Bertz CT molecular complexity index is 417. The van der Waals surface area contributed by atoms with Gasteiger partial charge in [0.2, 0.25) is 0 Å². The lowest BCUT2D eigenvalue weighted by Crippen LogP contribution is -2.28. The van der Waals surface area contributed by atoms with Crippen LogP contribution in [0.2, 0.25) is 0 Å². The zero-order valence-electron chi connectivity index (χ0n) is 13.0. The maximum absolute atomic E-state index is 3.89. The molecule has 20 heavy (non-hydrogen) atoms. The molecular formula is C17H27BrN2. The highest BCUT2D eigenvalue weighted by Crippen LogP contribution is 2.30. The smallest absolute Gasteiger partial charge is 0.0428 e. The Hall–Kier alpha value is -0.800. The molecule has 0 fully saturated rings. The Morgan fingerprint density at radius 2 is 2.10 bits per heavy atom. The quantitative estimate of drug-likeness (QED) is 0.643. The first kappa shape index (κ1) is 17.3. The van der Waals surface area contributed by atoms with Crippen molar-refractivity contribution in [3.63, 3.8) is 0 Å². The molecule has 1 rings (SSSR count). The maximum Gasteiger partial charge on any atom is 0.0428 e. The molecule has 1 unspecified atom stereocenters. The topological polar surface area (TPSA) is 15.3 Å². The van der Waals surface area contributed by atoms with Crippen LogP contribution in [0.25, 0.3) is 0 Å².